The van der Waals surface area contributed by atoms with Crippen LogP contribution in [0.15, 0.2) is 72.2 Å². The van der Waals surface area contributed by atoms with Crippen molar-refractivity contribution in [3.63, 3.8) is 0 Å². The summed E-state index contributed by atoms with van der Waals surface area (Å²) >= 11 is 0. The fourth-order valence-corrected chi connectivity index (χ4v) is 6.12. The molecule has 1 aliphatic carbocycles. The van der Waals surface area contributed by atoms with E-state index in [1.807, 2.05) is 6.08 Å². The van der Waals surface area contributed by atoms with Gasteiger partial charge in [0.15, 0.2) is 11.5 Å². The Bertz CT molecular complexity index is 1270. The van der Waals surface area contributed by atoms with Gasteiger partial charge in [-0.3, -0.25) is 9.69 Å². The van der Waals surface area contributed by atoms with Crippen LogP contribution >= 0.6 is 0 Å². The third-order valence-corrected chi connectivity index (χ3v) is 8.13. The number of rotatable bonds is 10. The third-order valence-electron chi connectivity index (χ3n) is 8.13. The average Bonchev–Trinajstić information content (AvgIpc) is 3.53. The molecule has 40 heavy (non-hydrogen) atoms. The van der Waals surface area contributed by atoms with Crippen LogP contribution in [0.3, 0.4) is 0 Å². The van der Waals surface area contributed by atoms with Crippen molar-refractivity contribution in [2.45, 2.75) is 59.4 Å². The first-order valence-electron chi connectivity index (χ1n) is 14.7. The zero-order valence-corrected chi connectivity index (χ0v) is 24.2. The van der Waals surface area contributed by atoms with Gasteiger partial charge in [-0.1, -0.05) is 62.8 Å². The van der Waals surface area contributed by atoms with Gasteiger partial charge in [-0.25, -0.2) is 0 Å². The Balaban J connectivity index is 1.37. The lowest BCUT2D eigenvalue weighted by atomic mass is 9.88. The molecule has 0 bridgehead atoms. The van der Waals surface area contributed by atoms with Gasteiger partial charge in [0.25, 0.3) is 0 Å². The molecule has 1 amide bonds. The molecule has 2 aliphatic heterocycles. The van der Waals surface area contributed by atoms with Gasteiger partial charge in [0.1, 0.15) is 5.75 Å². The van der Waals surface area contributed by atoms with E-state index in [0.29, 0.717) is 19.1 Å². The molecule has 212 valence electrons. The Morgan fingerprint density at radius 2 is 1.77 bits per heavy atom. The van der Waals surface area contributed by atoms with Crippen LogP contribution in [-0.4, -0.2) is 37.3 Å². The van der Waals surface area contributed by atoms with Crippen LogP contribution in [0.25, 0.3) is 0 Å². The molecular formula is C34H42N2O4. The monoisotopic (exact) mass is 542 g/mol. The van der Waals surface area contributed by atoms with Gasteiger partial charge < -0.3 is 19.5 Å². The Labute approximate surface area is 238 Å². The number of likely N-dealkylation sites (tertiary alicyclic amines) is 1. The lowest BCUT2D eigenvalue weighted by Crippen LogP contribution is -2.34. The summed E-state index contributed by atoms with van der Waals surface area (Å²) in [6.45, 7) is 10.7. The van der Waals surface area contributed by atoms with Gasteiger partial charge in [0.2, 0.25) is 12.7 Å². The van der Waals surface area contributed by atoms with E-state index < -0.39 is 0 Å². The molecule has 2 aromatic carbocycles. The average molecular weight is 543 g/mol. The topological polar surface area (TPSA) is 60.0 Å². The maximum Gasteiger partial charge on any atom is 0.238 e. The minimum atomic E-state index is 0.0352. The molecule has 1 N–H and O–H groups in total. The van der Waals surface area contributed by atoms with Gasteiger partial charge in [-0.15, -0.1) is 0 Å². The summed E-state index contributed by atoms with van der Waals surface area (Å²) in [6.07, 6.45) is 12.1. The van der Waals surface area contributed by atoms with Crippen LogP contribution in [0.5, 0.6) is 5.75 Å². The van der Waals surface area contributed by atoms with Gasteiger partial charge in [0.05, 0.1) is 13.2 Å². The van der Waals surface area contributed by atoms with Gasteiger partial charge in [0, 0.05) is 24.2 Å². The number of nitrogens with one attached hydrogen (secondary N) is 1. The molecule has 2 aromatic rings. The highest BCUT2D eigenvalue weighted by Gasteiger charge is 2.38. The SMILES string of the molecule is CCCOc1ccc([C@H]2CC([C@@H]3C=CC=C4OCOC4=C3)CN2CC(=O)Nc2c(CC)cc(C)cc2CC)cc1. The van der Waals surface area contributed by atoms with E-state index in [0.717, 1.165) is 55.2 Å². The molecule has 0 aromatic heterocycles. The molecule has 0 radical (unpaired) electrons. The Morgan fingerprint density at radius 1 is 1.05 bits per heavy atom. The summed E-state index contributed by atoms with van der Waals surface area (Å²) in [4.78, 5) is 15.9. The van der Waals surface area contributed by atoms with Crippen molar-refractivity contribution in [1.29, 1.82) is 0 Å². The lowest BCUT2D eigenvalue weighted by molar-refractivity contribution is -0.117. The number of nitrogens with zero attached hydrogens (tertiary/aromatic N) is 1. The smallest absolute Gasteiger partial charge is 0.238 e. The van der Waals surface area contributed by atoms with E-state index in [4.69, 9.17) is 14.2 Å². The zero-order valence-electron chi connectivity index (χ0n) is 24.2. The number of anilines is 1. The highest BCUT2D eigenvalue weighted by Crippen LogP contribution is 2.41. The van der Waals surface area contributed by atoms with Crippen molar-refractivity contribution in [2.24, 2.45) is 11.8 Å². The third kappa shape index (κ3) is 6.28. The number of amides is 1. The fourth-order valence-electron chi connectivity index (χ4n) is 6.12. The summed E-state index contributed by atoms with van der Waals surface area (Å²) in [7, 11) is 0. The number of hydrogen-bond donors (Lipinski definition) is 1. The number of allylic oxidation sites excluding steroid dienone is 4. The standard InChI is InChI=1S/C34H42N2O4/c1-5-15-38-29-13-11-26(12-14-29)30-18-28(27-9-8-10-31-32(19-27)40-22-39-31)20-36(30)21-33(37)35-34-24(6-2)16-23(4)17-25(34)7-3/h8-14,16-17,19,27-28,30H,5-7,15,18,20-22H2,1-4H3,(H,35,37)/t27-,28?,30-/m1/s1. The van der Waals surface area contributed by atoms with Crippen LogP contribution in [-0.2, 0) is 27.1 Å². The maximum atomic E-state index is 13.6. The summed E-state index contributed by atoms with van der Waals surface area (Å²) < 4.78 is 17.2. The molecule has 2 saturated heterocycles. The van der Waals surface area contributed by atoms with Gasteiger partial charge >= 0.3 is 0 Å². The normalized spacial score (nSPS) is 22.1. The predicted octanol–water partition coefficient (Wildman–Crippen LogP) is 6.87. The summed E-state index contributed by atoms with van der Waals surface area (Å²) in [5, 5.41) is 3.30. The molecule has 2 heterocycles. The second kappa shape index (κ2) is 12.8. The molecule has 3 aliphatic rings. The van der Waals surface area contributed by atoms with Crippen LogP contribution < -0.4 is 10.1 Å². The van der Waals surface area contributed by atoms with E-state index in [1.165, 1.54) is 22.3 Å². The second-order valence-corrected chi connectivity index (χ2v) is 11.0. The summed E-state index contributed by atoms with van der Waals surface area (Å²) in [6, 6.07) is 12.9. The maximum absolute atomic E-state index is 13.6. The summed E-state index contributed by atoms with van der Waals surface area (Å²) in [5.41, 5.74) is 5.82. The first kappa shape index (κ1) is 28.0. The number of ether oxygens (including phenoxy) is 3. The van der Waals surface area contributed by atoms with Gasteiger partial charge in [-0.05, 0) is 79.5 Å². The predicted molar refractivity (Wildman–Crippen MR) is 159 cm³/mol. The number of hydrogen-bond acceptors (Lipinski definition) is 5. The quantitative estimate of drug-likeness (QED) is 0.355. The summed E-state index contributed by atoms with van der Waals surface area (Å²) in [5.74, 6) is 3.07. The largest absolute Gasteiger partial charge is 0.494 e. The molecule has 5 rings (SSSR count). The Morgan fingerprint density at radius 3 is 2.48 bits per heavy atom. The van der Waals surface area contributed by atoms with Crippen LogP contribution in [0, 0.1) is 18.8 Å². The van der Waals surface area contributed by atoms with Crippen molar-refractivity contribution in [3.05, 3.63) is 94.5 Å². The number of benzene rings is 2. The molecular weight excluding hydrogens is 500 g/mol. The van der Waals surface area contributed by atoms with Crippen LogP contribution in [0.1, 0.15) is 61.9 Å². The fraction of sp³-hybridized carbons (Fsp3) is 0.441. The Hall–Kier alpha value is -3.51. The minimum Gasteiger partial charge on any atom is -0.494 e. The lowest BCUT2D eigenvalue weighted by Gasteiger charge is -2.25. The molecule has 6 heteroatoms. The van der Waals surface area contributed by atoms with E-state index in [9.17, 15) is 4.79 Å². The van der Waals surface area contributed by atoms with E-state index in [-0.39, 0.29) is 24.7 Å². The molecule has 3 atom stereocenters. The number of carbonyl (C=O) groups excluding carboxylic acids is 1. The molecule has 1 unspecified atom stereocenters. The number of fused-ring (bicyclic) bond motifs is 1. The highest BCUT2D eigenvalue weighted by molar-refractivity contribution is 5.94. The van der Waals surface area contributed by atoms with E-state index in [2.05, 4.69) is 92.5 Å². The number of carbonyl (C=O) groups is 1. The van der Waals surface area contributed by atoms with Crippen molar-refractivity contribution in [2.75, 3.05) is 31.8 Å². The van der Waals surface area contributed by atoms with Crippen molar-refractivity contribution in [3.8, 4) is 5.75 Å². The molecule has 2 fully saturated rings. The first-order valence-corrected chi connectivity index (χ1v) is 14.7. The van der Waals surface area contributed by atoms with Crippen LogP contribution in [0.2, 0.25) is 0 Å². The zero-order chi connectivity index (χ0) is 28.1. The molecule has 6 nitrogen and oxygen atoms in total. The van der Waals surface area contributed by atoms with Crippen molar-refractivity contribution >= 4 is 11.6 Å². The molecule has 0 spiro atoms. The van der Waals surface area contributed by atoms with E-state index >= 15 is 0 Å². The van der Waals surface area contributed by atoms with Gasteiger partial charge in [-0.2, -0.15) is 0 Å². The van der Waals surface area contributed by atoms with Crippen LogP contribution in [0.4, 0.5) is 5.69 Å². The van der Waals surface area contributed by atoms with Crippen molar-refractivity contribution in [1.82, 2.24) is 4.90 Å². The first-order chi connectivity index (χ1) is 19.5. The Kier molecular flexibility index (Phi) is 8.95. The highest BCUT2D eigenvalue weighted by atomic mass is 16.7. The molecule has 0 saturated carbocycles. The minimum absolute atomic E-state index is 0.0352. The van der Waals surface area contributed by atoms with E-state index in [1.54, 1.807) is 0 Å². The second-order valence-electron chi connectivity index (χ2n) is 11.0. The van der Waals surface area contributed by atoms with Crippen molar-refractivity contribution < 1.29 is 19.0 Å². The number of aryl methyl sites for hydroxylation is 3.